The number of nitriles is 1. The van der Waals surface area contributed by atoms with Crippen LogP contribution in [0.25, 0.3) is 0 Å². The number of ether oxygens (including phenoxy) is 1. The van der Waals surface area contributed by atoms with Crippen molar-refractivity contribution in [3.8, 4) is 11.8 Å². The Morgan fingerprint density at radius 2 is 2.33 bits per heavy atom. The molecular formula is C10H8BrNO3. The van der Waals surface area contributed by atoms with Crippen LogP contribution in [0.15, 0.2) is 16.6 Å². The minimum absolute atomic E-state index is 0.0695. The Hall–Kier alpha value is -1.54. The molecule has 5 heteroatoms. The van der Waals surface area contributed by atoms with E-state index in [2.05, 4.69) is 15.9 Å². The second kappa shape index (κ2) is 4.80. The molecule has 15 heavy (non-hydrogen) atoms. The summed E-state index contributed by atoms with van der Waals surface area (Å²) in [5, 5.41) is 18.2. The second-order valence-electron chi connectivity index (χ2n) is 2.68. The molecule has 0 amide bonds. The smallest absolute Gasteiger partial charge is 0.339 e. The average Bonchev–Trinajstić information content (AvgIpc) is 2.21. The van der Waals surface area contributed by atoms with Crippen molar-refractivity contribution in [2.24, 2.45) is 0 Å². The molecule has 1 N–H and O–H groups in total. The monoisotopic (exact) mass is 269 g/mol. The predicted octanol–water partition coefficient (Wildman–Crippen LogP) is 2.20. The molecule has 0 fully saturated rings. The van der Waals surface area contributed by atoms with Crippen LogP contribution in [0.5, 0.6) is 5.75 Å². The van der Waals surface area contributed by atoms with Gasteiger partial charge in [-0.15, -0.1) is 0 Å². The first-order valence-corrected chi connectivity index (χ1v) is 4.99. The minimum Gasteiger partial charge on any atom is -0.507 e. The Bertz CT molecular complexity index is 437. The van der Waals surface area contributed by atoms with Crippen molar-refractivity contribution in [2.45, 2.75) is 6.92 Å². The van der Waals surface area contributed by atoms with E-state index in [0.717, 1.165) is 0 Å². The maximum Gasteiger partial charge on any atom is 0.339 e. The molecule has 0 atom stereocenters. The van der Waals surface area contributed by atoms with Crippen LogP contribution in [0.2, 0.25) is 0 Å². The number of phenols is 1. The van der Waals surface area contributed by atoms with Crippen molar-refractivity contribution in [1.29, 1.82) is 5.26 Å². The fourth-order valence-corrected chi connectivity index (χ4v) is 1.38. The van der Waals surface area contributed by atoms with Crippen molar-refractivity contribution in [1.82, 2.24) is 0 Å². The lowest BCUT2D eigenvalue weighted by Gasteiger charge is -2.05. The topological polar surface area (TPSA) is 70.3 Å². The van der Waals surface area contributed by atoms with Crippen LogP contribution in [0.1, 0.15) is 22.8 Å². The molecule has 1 aromatic rings. The molecule has 0 aliphatic rings. The molecule has 0 radical (unpaired) electrons. The lowest BCUT2D eigenvalue weighted by atomic mass is 10.1. The number of hydrogen-bond donors (Lipinski definition) is 1. The molecule has 0 aromatic heterocycles. The van der Waals surface area contributed by atoms with Gasteiger partial charge in [0.05, 0.1) is 22.2 Å². The summed E-state index contributed by atoms with van der Waals surface area (Å²) in [5.41, 5.74) is 0.234. The van der Waals surface area contributed by atoms with Crippen molar-refractivity contribution in [3.63, 3.8) is 0 Å². The summed E-state index contributed by atoms with van der Waals surface area (Å²) in [5.74, 6) is -0.714. The third-order valence-electron chi connectivity index (χ3n) is 1.70. The van der Waals surface area contributed by atoms with Crippen LogP contribution in [-0.2, 0) is 4.74 Å². The molecule has 0 spiro atoms. The quantitative estimate of drug-likeness (QED) is 0.836. The number of halogens is 1. The Kier molecular flexibility index (Phi) is 3.69. The van der Waals surface area contributed by atoms with Gasteiger partial charge in [-0.3, -0.25) is 0 Å². The first-order valence-electron chi connectivity index (χ1n) is 4.19. The Morgan fingerprint density at radius 1 is 1.67 bits per heavy atom. The standard InChI is InChI=1S/C10H8BrNO3/c1-2-15-10(14)7-4-9(13)8(11)3-6(7)5-12/h3-4,13H,2H2,1H3. The zero-order valence-corrected chi connectivity index (χ0v) is 9.54. The summed E-state index contributed by atoms with van der Waals surface area (Å²) in [4.78, 5) is 11.4. The molecule has 0 aliphatic carbocycles. The highest BCUT2D eigenvalue weighted by molar-refractivity contribution is 9.10. The molecule has 0 heterocycles. The number of carbonyl (C=O) groups is 1. The van der Waals surface area contributed by atoms with Gasteiger partial charge in [0, 0.05) is 0 Å². The third kappa shape index (κ3) is 2.48. The molecule has 78 valence electrons. The molecule has 0 saturated heterocycles. The molecular weight excluding hydrogens is 262 g/mol. The van der Waals surface area contributed by atoms with Gasteiger partial charge in [-0.2, -0.15) is 5.26 Å². The van der Waals surface area contributed by atoms with E-state index in [1.165, 1.54) is 12.1 Å². The molecule has 0 bridgehead atoms. The first-order chi connectivity index (χ1) is 7.10. The normalized spacial score (nSPS) is 9.40. The zero-order chi connectivity index (χ0) is 11.4. The van der Waals surface area contributed by atoms with Gasteiger partial charge < -0.3 is 9.84 Å². The summed E-state index contributed by atoms with van der Waals surface area (Å²) in [6.45, 7) is 1.89. The van der Waals surface area contributed by atoms with Crippen LogP contribution in [-0.4, -0.2) is 17.7 Å². The first kappa shape index (κ1) is 11.5. The fraction of sp³-hybridized carbons (Fsp3) is 0.200. The number of esters is 1. The summed E-state index contributed by atoms with van der Waals surface area (Å²) in [6.07, 6.45) is 0. The van der Waals surface area contributed by atoms with E-state index in [9.17, 15) is 9.90 Å². The van der Waals surface area contributed by atoms with Gasteiger partial charge in [0.25, 0.3) is 0 Å². The van der Waals surface area contributed by atoms with Crippen molar-refractivity contribution >= 4 is 21.9 Å². The van der Waals surface area contributed by atoms with Gasteiger partial charge in [-0.05, 0) is 35.0 Å². The van der Waals surface area contributed by atoms with E-state index in [0.29, 0.717) is 4.47 Å². The highest BCUT2D eigenvalue weighted by Gasteiger charge is 2.15. The van der Waals surface area contributed by atoms with E-state index in [1.54, 1.807) is 6.92 Å². The van der Waals surface area contributed by atoms with Crippen molar-refractivity contribution in [2.75, 3.05) is 6.61 Å². The minimum atomic E-state index is -0.614. The van der Waals surface area contributed by atoms with E-state index >= 15 is 0 Å². The highest BCUT2D eigenvalue weighted by atomic mass is 79.9. The summed E-state index contributed by atoms with van der Waals surface area (Å²) in [7, 11) is 0. The van der Waals surface area contributed by atoms with Crippen LogP contribution in [0.4, 0.5) is 0 Å². The lowest BCUT2D eigenvalue weighted by molar-refractivity contribution is 0.0525. The van der Waals surface area contributed by atoms with E-state index < -0.39 is 5.97 Å². The van der Waals surface area contributed by atoms with Gasteiger partial charge in [-0.25, -0.2) is 4.79 Å². The molecule has 1 rings (SSSR count). The summed E-state index contributed by atoms with van der Waals surface area (Å²) in [6, 6.07) is 4.45. The molecule has 0 unspecified atom stereocenters. The number of rotatable bonds is 2. The van der Waals surface area contributed by atoms with Gasteiger partial charge in [-0.1, -0.05) is 0 Å². The summed E-state index contributed by atoms with van der Waals surface area (Å²) < 4.78 is 5.12. The third-order valence-corrected chi connectivity index (χ3v) is 2.34. The fourth-order valence-electron chi connectivity index (χ4n) is 1.03. The Morgan fingerprint density at radius 3 is 2.87 bits per heavy atom. The van der Waals surface area contributed by atoms with Gasteiger partial charge in [0.1, 0.15) is 11.8 Å². The van der Waals surface area contributed by atoms with Gasteiger partial charge in [0.2, 0.25) is 0 Å². The van der Waals surface area contributed by atoms with Crippen LogP contribution in [0.3, 0.4) is 0 Å². The Labute approximate surface area is 95.2 Å². The maximum atomic E-state index is 11.4. The molecule has 0 saturated carbocycles. The largest absolute Gasteiger partial charge is 0.507 e. The van der Waals surface area contributed by atoms with Crippen LogP contribution >= 0.6 is 15.9 Å². The van der Waals surface area contributed by atoms with Gasteiger partial charge in [0.15, 0.2) is 0 Å². The number of hydrogen-bond acceptors (Lipinski definition) is 4. The zero-order valence-electron chi connectivity index (χ0n) is 7.95. The van der Waals surface area contributed by atoms with Crippen molar-refractivity contribution in [3.05, 3.63) is 27.7 Å². The van der Waals surface area contributed by atoms with E-state index in [4.69, 9.17) is 10.00 Å². The number of nitrogens with zero attached hydrogens (tertiary/aromatic N) is 1. The summed E-state index contributed by atoms with van der Waals surface area (Å²) >= 11 is 3.06. The average molecular weight is 270 g/mol. The number of phenolic OH excluding ortho intramolecular Hbond substituents is 1. The Balaban J connectivity index is 3.23. The second-order valence-corrected chi connectivity index (χ2v) is 3.54. The number of aromatic hydroxyl groups is 1. The molecule has 0 aliphatic heterocycles. The number of carbonyl (C=O) groups excluding carboxylic acids is 1. The van der Waals surface area contributed by atoms with Crippen LogP contribution < -0.4 is 0 Å². The van der Waals surface area contributed by atoms with Crippen molar-refractivity contribution < 1.29 is 14.6 Å². The predicted molar refractivity (Wildman–Crippen MR) is 56.5 cm³/mol. The van der Waals surface area contributed by atoms with Crippen LogP contribution in [0, 0.1) is 11.3 Å². The highest BCUT2D eigenvalue weighted by Crippen LogP contribution is 2.27. The van der Waals surface area contributed by atoms with E-state index in [-0.39, 0.29) is 23.5 Å². The number of benzene rings is 1. The molecule has 1 aromatic carbocycles. The maximum absolute atomic E-state index is 11.4. The SMILES string of the molecule is CCOC(=O)c1cc(O)c(Br)cc1C#N. The molecule has 4 nitrogen and oxygen atoms in total. The lowest BCUT2D eigenvalue weighted by Crippen LogP contribution is -2.06. The van der Waals surface area contributed by atoms with E-state index in [1.807, 2.05) is 6.07 Å². The van der Waals surface area contributed by atoms with Gasteiger partial charge >= 0.3 is 5.97 Å².